The molecular formula is C18H15F3N2O2. The highest BCUT2D eigenvalue weighted by molar-refractivity contribution is 5.67. The first kappa shape index (κ1) is 18.2. The zero-order chi connectivity index (χ0) is 18.3. The van der Waals surface area contributed by atoms with Crippen molar-refractivity contribution in [3.63, 3.8) is 0 Å². The number of nitrogens with two attached hydrogens (primary N) is 1. The Morgan fingerprint density at radius 3 is 2.56 bits per heavy atom. The van der Waals surface area contributed by atoms with E-state index >= 15 is 0 Å². The number of alkyl carbamates (subject to hydrolysis) is 1. The Morgan fingerprint density at radius 2 is 1.88 bits per heavy atom. The summed E-state index contributed by atoms with van der Waals surface area (Å²) in [7, 11) is 0. The molecule has 1 amide bonds. The molecule has 0 aromatic heterocycles. The average Bonchev–Trinajstić information content (AvgIpc) is 2.58. The van der Waals surface area contributed by atoms with Gasteiger partial charge in [-0.1, -0.05) is 42.2 Å². The topological polar surface area (TPSA) is 64.3 Å². The molecule has 2 aromatic carbocycles. The summed E-state index contributed by atoms with van der Waals surface area (Å²) in [5.41, 5.74) is 5.08. The van der Waals surface area contributed by atoms with E-state index in [2.05, 4.69) is 17.2 Å². The maximum Gasteiger partial charge on any atom is 0.417 e. The third-order valence-electron chi connectivity index (χ3n) is 3.11. The van der Waals surface area contributed by atoms with Crippen LogP contribution in [0.3, 0.4) is 0 Å². The maximum absolute atomic E-state index is 12.9. The summed E-state index contributed by atoms with van der Waals surface area (Å²) < 4.78 is 43.7. The van der Waals surface area contributed by atoms with Crippen molar-refractivity contribution < 1.29 is 22.7 Å². The number of amides is 1. The van der Waals surface area contributed by atoms with Crippen LogP contribution in [0.1, 0.15) is 16.7 Å². The molecule has 7 heteroatoms. The quantitative estimate of drug-likeness (QED) is 0.658. The summed E-state index contributed by atoms with van der Waals surface area (Å²) in [6.45, 7) is -0.0500. The lowest BCUT2D eigenvalue weighted by molar-refractivity contribution is -0.137. The van der Waals surface area contributed by atoms with Gasteiger partial charge in [-0.3, -0.25) is 0 Å². The summed E-state index contributed by atoms with van der Waals surface area (Å²) in [6, 6.07) is 12.4. The SMILES string of the molecule is Nc1ccc(C#CCNC(=O)OCc2ccccc2)c(C(F)(F)F)c1. The van der Waals surface area contributed by atoms with Gasteiger partial charge in [0.05, 0.1) is 12.1 Å². The van der Waals surface area contributed by atoms with Crippen LogP contribution in [0.2, 0.25) is 0 Å². The van der Waals surface area contributed by atoms with E-state index in [0.29, 0.717) is 0 Å². The minimum Gasteiger partial charge on any atom is -0.445 e. The van der Waals surface area contributed by atoms with Crippen molar-refractivity contribution in [2.24, 2.45) is 0 Å². The van der Waals surface area contributed by atoms with E-state index in [0.717, 1.165) is 11.6 Å². The molecule has 0 unspecified atom stereocenters. The van der Waals surface area contributed by atoms with Crippen LogP contribution in [0.5, 0.6) is 0 Å². The monoisotopic (exact) mass is 348 g/mol. The van der Waals surface area contributed by atoms with Gasteiger partial charge in [0.25, 0.3) is 0 Å². The summed E-state index contributed by atoms with van der Waals surface area (Å²) in [5.74, 6) is 4.84. The number of benzene rings is 2. The first-order valence-electron chi connectivity index (χ1n) is 7.26. The number of ether oxygens (including phenoxy) is 1. The molecule has 2 rings (SSSR count). The van der Waals surface area contributed by atoms with Crippen molar-refractivity contribution in [3.8, 4) is 11.8 Å². The van der Waals surface area contributed by atoms with E-state index in [9.17, 15) is 18.0 Å². The van der Waals surface area contributed by atoms with Crippen LogP contribution >= 0.6 is 0 Å². The molecule has 0 saturated carbocycles. The fraction of sp³-hybridized carbons (Fsp3) is 0.167. The van der Waals surface area contributed by atoms with Gasteiger partial charge in [-0.05, 0) is 23.8 Å². The zero-order valence-electron chi connectivity index (χ0n) is 13.1. The summed E-state index contributed by atoms with van der Waals surface area (Å²) >= 11 is 0. The van der Waals surface area contributed by atoms with E-state index in [1.807, 2.05) is 18.2 Å². The highest BCUT2D eigenvalue weighted by Gasteiger charge is 2.33. The molecule has 0 spiro atoms. The number of carbonyl (C=O) groups is 1. The van der Waals surface area contributed by atoms with Gasteiger partial charge >= 0.3 is 12.3 Å². The Hall–Kier alpha value is -3.14. The molecule has 0 aliphatic carbocycles. The number of hydrogen-bond donors (Lipinski definition) is 2. The molecule has 0 bridgehead atoms. The van der Waals surface area contributed by atoms with Gasteiger partial charge in [-0.15, -0.1) is 0 Å². The Labute approximate surface area is 142 Å². The molecule has 130 valence electrons. The normalized spacial score (nSPS) is 10.5. The second-order valence-corrected chi connectivity index (χ2v) is 5.02. The lowest BCUT2D eigenvalue weighted by atomic mass is 10.1. The zero-order valence-corrected chi connectivity index (χ0v) is 13.1. The Balaban J connectivity index is 1.89. The number of carbonyl (C=O) groups excluding carboxylic acids is 1. The summed E-state index contributed by atoms with van der Waals surface area (Å²) in [6.07, 6.45) is -5.26. The van der Waals surface area contributed by atoms with E-state index in [1.165, 1.54) is 12.1 Å². The van der Waals surface area contributed by atoms with Gasteiger partial charge in [0.15, 0.2) is 0 Å². The van der Waals surface area contributed by atoms with Crippen LogP contribution in [0, 0.1) is 11.8 Å². The van der Waals surface area contributed by atoms with Gasteiger partial charge < -0.3 is 15.8 Å². The molecule has 0 aliphatic rings. The van der Waals surface area contributed by atoms with Crippen molar-refractivity contribution >= 4 is 11.8 Å². The summed E-state index contributed by atoms with van der Waals surface area (Å²) in [4.78, 5) is 11.5. The number of nitrogens with one attached hydrogen (secondary N) is 1. The standard InChI is InChI=1S/C18H15F3N2O2/c19-18(20,21)16-11-15(22)9-8-14(16)7-4-10-23-17(24)25-12-13-5-2-1-3-6-13/h1-3,5-6,8-9,11H,10,12,22H2,(H,23,24). The molecule has 25 heavy (non-hydrogen) atoms. The highest BCUT2D eigenvalue weighted by Crippen LogP contribution is 2.32. The molecule has 0 aliphatic heterocycles. The van der Waals surface area contributed by atoms with Crippen molar-refractivity contribution in [2.45, 2.75) is 12.8 Å². The first-order chi connectivity index (χ1) is 11.9. The minimum absolute atomic E-state index is 0.000453. The predicted octanol–water partition coefficient (Wildman–Crippen LogP) is 3.57. The molecule has 2 aromatic rings. The molecule has 4 nitrogen and oxygen atoms in total. The maximum atomic E-state index is 12.9. The van der Waals surface area contributed by atoms with Crippen molar-refractivity contribution in [2.75, 3.05) is 12.3 Å². The van der Waals surface area contributed by atoms with Crippen LogP contribution in [0.4, 0.5) is 23.7 Å². The van der Waals surface area contributed by atoms with Gasteiger partial charge in [0.1, 0.15) is 6.61 Å². The van der Waals surface area contributed by atoms with Gasteiger partial charge in [0.2, 0.25) is 0 Å². The van der Waals surface area contributed by atoms with E-state index < -0.39 is 17.8 Å². The molecule has 0 saturated heterocycles. The largest absolute Gasteiger partial charge is 0.445 e. The van der Waals surface area contributed by atoms with Crippen LogP contribution in [-0.2, 0) is 17.5 Å². The molecular weight excluding hydrogens is 333 g/mol. The highest BCUT2D eigenvalue weighted by atomic mass is 19.4. The van der Waals surface area contributed by atoms with E-state index in [-0.39, 0.29) is 24.4 Å². The van der Waals surface area contributed by atoms with Gasteiger partial charge in [-0.25, -0.2) is 4.79 Å². The number of halogens is 3. The lowest BCUT2D eigenvalue weighted by Crippen LogP contribution is -2.24. The number of hydrogen-bond acceptors (Lipinski definition) is 3. The minimum atomic E-state index is -4.55. The summed E-state index contributed by atoms with van der Waals surface area (Å²) in [5, 5.41) is 2.35. The fourth-order valence-electron chi connectivity index (χ4n) is 1.94. The molecule has 0 fully saturated rings. The Bertz CT molecular complexity index is 793. The second-order valence-electron chi connectivity index (χ2n) is 5.02. The number of nitrogen functional groups attached to an aromatic ring is 1. The first-order valence-corrected chi connectivity index (χ1v) is 7.26. The molecule has 0 atom stereocenters. The van der Waals surface area contributed by atoms with Crippen LogP contribution in [0.25, 0.3) is 0 Å². The van der Waals surface area contributed by atoms with E-state index in [1.54, 1.807) is 12.1 Å². The molecule has 3 N–H and O–H groups in total. The van der Waals surface area contributed by atoms with Gasteiger partial charge in [0, 0.05) is 11.3 Å². The van der Waals surface area contributed by atoms with Crippen LogP contribution in [0.15, 0.2) is 48.5 Å². The third-order valence-corrected chi connectivity index (χ3v) is 3.11. The molecule has 0 heterocycles. The van der Waals surface area contributed by atoms with Gasteiger partial charge in [-0.2, -0.15) is 13.2 Å². The van der Waals surface area contributed by atoms with Crippen molar-refractivity contribution in [1.82, 2.24) is 5.32 Å². The van der Waals surface area contributed by atoms with Crippen molar-refractivity contribution in [1.29, 1.82) is 0 Å². The number of anilines is 1. The van der Waals surface area contributed by atoms with Crippen LogP contribution in [-0.4, -0.2) is 12.6 Å². The Morgan fingerprint density at radius 1 is 1.16 bits per heavy atom. The Kier molecular flexibility index (Phi) is 5.90. The van der Waals surface area contributed by atoms with Crippen molar-refractivity contribution in [3.05, 3.63) is 65.2 Å². The fourth-order valence-corrected chi connectivity index (χ4v) is 1.94. The van der Waals surface area contributed by atoms with E-state index in [4.69, 9.17) is 10.5 Å². The molecule has 0 radical (unpaired) electrons. The number of alkyl halides is 3. The van der Waals surface area contributed by atoms with Crippen LogP contribution < -0.4 is 11.1 Å². The smallest absolute Gasteiger partial charge is 0.417 e. The third kappa shape index (κ3) is 5.77. The predicted molar refractivity (Wildman–Crippen MR) is 87.4 cm³/mol. The second kappa shape index (κ2) is 8.11. The average molecular weight is 348 g/mol. The lowest BCUT2D eigenvalue weighted by Gasteiger charge is -2.09. The number of rotatable bonds is 3.